The van der Waals surface area contributed by atoms with Gasteiger partial charge in [-0.05, 0) is 46.6 Å². The Balaban J connectivity index is 1.62. The second kappa shape index (κ2) is 8.71. The number of amides is 1. The molecule has 1 saturated heterocycles. The monoisotopic (exact) mass is 452 g/mol. The topological polar surface area (TPSA) is 67.8 Å². The van der Waals surface area contributed by atoms with Gasteiger partial charge >= 0.3 is 0 Å². The first-order chi connectivity index (χ1) is 13.0. The molecule has 144 valence electrons. The zero-order valence-electron chi connectivity index (χ0n) is 15.4. The molecule has 9 heteroatoms. The van der Waals surface area contributed by atoms with E-state index in [-0.39, 0.29) is 5.91 Å². The predicted octanol–water partition coefficient (Wildman–Crippen LogP) is 2.99. The van der Waals surface area contributed by atoms with Crippen molar-refractivity contribution < 1.29 is 14.3 Å². The number of aryl methyl sites for hydroxylation is 1. The fraction of sp³-hybridized carbons (Fsp3) is 0.389. The van der Waals surface area contributed by atoms with Gasteiger partial charge in [-0.1, -0.05) is 11.3 Å². The van der Waals surface area contributed by atoms with Crippen LogP contribution in [0.25, 0.3) is 6.08 Å². The van der Waals surface area contributed by atoms with Gasteiger partial charge in [0, 0.05) is 32.3 Å². The van der Waals surface area contributed by atoms with E-state index in [0.717, 1.165) is 33.3 Å². The number of hydrogen-bond acceptors (Lipinski definition) is 7. The molecule has 0 atom stereocenters. The Morgan fingerprint density at radius 2 is 1.93 bits per heavy atom. The van der Waals surface area contributed by atoms with Gasteiger partial charge in [0.1, 0.15) is 5.01 Å². The van der Waals surface area contributed by atoms with Crippen LogP contribution < -0.4 is 14.4 Å². The summed E-state index contributed by atoms with van der Waals surface area (Å²) in [5.41, 5.74) is 0.857. The number of ether oxygens (including phenoxy) is 2. The molecule has 0 aliphatic carbocycles. The maximum Gasteiger partial charge on any atom is 0.246 e. The Morgan fingerprint density at radius 3 is 2.52 bits per heavy atom. The summed E-state index contributed by atoms with van der Waals surface area (Å²) in [6.07, 6.45) is 3.38. The van der Waals surface area contributed by atoms with E-state index in [1.54, 1.807) is 37.7 Å². The summed E-state index contributed by atoms with van der Waals surface area (Å²) in [6, 6.07) is 3.73. The van der Waals surface area contributed by atoms with Crippen molar-refractivity contribution in [3.63, 3.8) is 0 Å². The molecule has 0 N–H and O–H groups in total. The highest BCUT2D eigenvalue weighted by Gasteiger charge is 2.21. The van der Waals surface area contributed by atoms with Gasteiger partial charge < -0.3 is 19.3 Å². The van der Waals surface area contributed by atoms with E-state index in [9.17, 15) is 4.79 Å². The SMILES string of the molecule is COc1cc(/C=C/C(=O)N2CCN(c3nnc(C)s3)CC2)cc(Br)c1OC. The number of nitrogens with zero attached hydrogens (tertiary/aromatic N) is 4. The normalized spacial score (nSPS) is 14.7. The number of halogens is 1. The summed E-state index contributed by atoms with van der Waals surface area (Å²) >= 11 is 5.04. The highest BCUT2D eigenvalue weighted by molar-refractivity contribution is 9.10. The van der Waals surface area contributed by atoms with Crippen LogP contribution in [0.5, 0.6) is 11.5 Å². The first kappa shape index (κ1) is 19.6. The molecule has 1 fully saturated rings. The van der Waals surface area contributed by atoms with Gasteiger partial charge in [0.15, 0.2) is 11.5 Å². The van der Waals surface area contributed by atoms with Gasteiger partial charge in [0.05, 0.1) is 18.7 Å². The van der Waals surface area contributed by atoms with Crippen molar-refractivity contribution in [2.24, 2.45) is 0 Å². The number of carbonyl (C=O) groups is 1. The molecule has 3 rings (SSSR count). The molecule has 0 bridgehead atoms. The summed E-state index contributed by atoms with van der Waals surface area (Å²) < 4.78 is 11.4. The first-order valence-electron chi connectivity index (χ1n) is 8.45. The molecule has 1 aliphatic heterocycles. The highest BCUT2D eigenvalue weighted by atomic mass is 79.9. The van der Waals surface area contributed by atoms with Crippen LogP contribution in [-0.2, 0) is 4.79 Å². The largest absolute Gasteiger partial charge is 0.493 e. The highest BCUT2D eigenvalue weighted by Crippen LogP contribution is 2.36. The van der Waals surface area contributed by atoms with Crippen molar-refractivity contribution in [2.75, 3.05) is 45.3 Å². The minimum Gasteiger partial charge on any atom is -0.493 e. The maximum atomic E-state index is 12.5. The fourth-order valence-electron chi connectivity index (χ4n) is 2.84. The van der Waals surface area contributed by atoms with E-state index in [0.29, 0.717) is 24.6 Å². The molecule has 1 aromatic heterocycles. The third-order valence-corrected chi connectivity index (χ3v) is 5.74. The smallest absolute Gasteiger partial charge is 0.246 e. The van der Waals surface area contributed by atoms with E-state index >= 15 is 0 Å². The lowest BCUT2D eigenvalue weighted by Gasteiger charge is -2.33. The molecule has 0 radical (unpaired) electrons. The van der Waals surface area contributed by atoms with E-state index in [2.05, 4.69) is 31.0 Å². The van der Waals surface area contributed by atoms with Gasteiger partial charge in [-0.3, -0.25) is 4.79 Å². The van der Waals surface area contributed by atoms with E-state index in [1.165, 1.54) is 0 Å². The molecule has 27 heavy (non-hydrogen) atoms. The summed E-state index contributed by atoms with van der Waals surface area (Å²) in [7, 11) is 3.17. The van der Waals surface area contributed by atoms with Gasteiger partial charge in [0.25, 0.3) is 0 Å². The van der Waals surface area contributed by atoms with Crippen LogP contribution in [0.4, 0.5) is 5.13 Å². The number of benzene rings is 1. The van der Waals surface area contributed by atoms with Crippen molar-refractivity contribution in [2.45, 2.75) is 6.92 Å². The molecule has 2 aromatic rings. The standard InChI is InChI=1S/C18H21BrN4O3S/c1-12-20-21-18(27-12)23-8-6-22(7-9-23)16(24)5-4-13-10-14(19)17(26-3)15(11-13)25-2/h4-5,10-11H,6-9H2,1-3H3/b5-4+. The summed E-state index contributed by atoms with van der Waals surface area (Å²) in [5, 5.41) is 10.1. The van der Waals surface area contributed by atoms with Crippen LogP contribution in [0.1, 0.15) is 10.6 Å². The lowest BCUT2D eigenvalue weighted by Crippen LogP contribution is -2.48. The molecule has 2 heterocycles. The zero-order chi connectivity index (χ0) is 19.4. The Bertz CT molecular complexity index is 847. The number of rotatable bonds is 5. The van der Waals surface area contributed by atoms with E-state index < -0.39 is 0 Å². The predicted molar refractivity (Wildman–Crippen MR) is 110 cm³/mol. The minimum atomic E-state index is -0.00555. The Kier molecular flexibility index (Phi) is 6.33. The molecular formula is C18H21BrN4O3S. The molecule has 1 amide bonds. The number of anilines is 1. The molecule has 0 unspecified atom stereocenters. The third-order valence-electron chi connectivity index (χ3n) is 4.25. The molecule has 7 nitrogen and oxygen atoms in total. The van der Waals surface area contributed by atoms with Crippen LogP contribution in [-0.4, -0.2) is 61.4 Å². The maximum absolute atomic E-state index is 12.5. The van der Waals surface area contributed by atoms with Crippen molar-refractivity contribution in [1.29, 1.82) is 0 Å². The quantitative estimate of drug-likeness (QED) is 0.649. The minimum absolute atomic E-state index is 0.00555. The van der Waals surface area contributed by atoms with Crippen LogP contribution in [0.3, 0.4) is 0 Å². The van der Waals surface area contributed by atoms with E-state index in [1.807, 2.05) is 24.0 Å². The number of aromatic nitrogens is 2. The van der Waals surface area contributed by atoms with Gasteiger partial charge in [-0.15, -0.1) is 10.2 Å². The molecule has 1 aliphatic rings. The van der Waals surface area contributed by atoms with Gasteiger partial charge in [0.2, 0.25) is 11.0 Å². The van der Waals surface area contributed by atoms with Crippen LogP contribution in [0.2, 0.25) is 0 Å². The lowest BCUT2D eigenvalue weighted by molar-refractivity contribution is -0.126. The van der Waals surface area contributed by atoms with Gasteiger partial charge in [-0.25, -0.2) is 0 Å². The first-order valence-corrected chi connectivity index (χ1v) is 10.1. The zero-order valence-corrected chi connectivity index (χ0v) is 17.8. The Hall–Kier alpha value is -2.13. The van der Waals surface area contributed by atoms with Crippen LogP contribution >= 0.6 is 27.3 Å². The Morgan fingerprint density at radius 1 is 1.19 bits per heavy atom. The van der Waals surface area contributed by atoms with Crippen molar-refractivity contribution >= 4 is 44.4 Å². The van der Waals surface area contributed by atoms with Crippen molar-refractivity contribution in [3.8, 4) is 11.5 Å². The fourth-order valence-corrected chi connectivity index (χ4v) is 4.20. The molecule has 0 spiro atoms. The second-order valence-electron chi connectivity index (χ2n) is 5.99. The average Bonchev–Trinajstić information content (AvgIpc) is 3.12. The molecule has 0 saturated carbocycles. The second-order valence-corrected chi connectivity index (χ2v) is 8.00. The van der Waals surface area contributed by atoms with Gasteiger partial charge in [-0.2, -0.15) is 0 Å². The average molecular weight is 453 g/mol. The number of hydrogen-bond donors (Lipinski definition) is 0. The molecular weight excluding hydrogens is 432 g/mol. The third kappa shape index (κ3) is 4.59. The summed E-state index contributed by atoms with van der Waals surface area (Å²) in [5.74, 6) is 1.23. The summed E-state index contributed by atoms with van der Waals surface area (Å²) in [6.45, 7) is 4.79. The number of carbonyl (C=O) groups excluding carboxylic acids is 1. The van der Waals surface area contributed by atoms with Crippen LogP contribution in [0.15, 0.2) is 22.7 Å². The number of methoxy groups -OCH3 is 2. The summed E-state index contributed by atoms with van der Waals surface area (Å²) in [4.78, 5) is 16.5. The van der Waals surface area contributed by atoms with E-state index in [4.69, 9.17) is 9.47 Å². The number of piperazine rings is 1. The van der Waals surface area contributed by atoms with Crippen molar-refractivity contribution in [3.05, 3.63) is 33.3 Å². The van der Waals surface area contributed by atoms with Crippen molar-refractivity contribution in [1.82, 2.24) is 15.1 Å². The lowest BCUT2D eigenvalue weighted by atomic mass is 10.2. The van der Waals surface area contributed by atoms with Crippen LogP contribution in [0, 0.1) is 6.92 Å². The Labute approximate surface area is 170 Å². The molecule has 1 aromatic carbocycles.